The van der Waals surface area contributed by atoms with Crippen molar-refractivity contribution in [2.75, 3.05) is 75.9 Å². The maximum absolute atomic E-state index is 12.0. The van der Waals surface area contributed by atoms with Crippen LogP contribution in [0.3, 0.4) is 0 Å². The molecule has 14 heteroatoms. The molecule has 4 atom stereocenters. The van der Waals surface area contributed by atoms with Crippen molar-refractivity contribution in [3.8, 4) is 0 Å². The number of fused-ring (bicyclic) bond motifs is 1. The van der Waals surface area contributed by atoms with E-state index in [0.29, 0.717) is 70.8 Å². The van der Waals surface area contributed by atoms with Gasteiger partial charge in [-0.15, -0.1) is 0 Å². The summed E-state index contributed by atoms with van der Waals surface area (Å²) < 4.78 is 33.5. The van der Waals surface area contributed by atoms with Gasteiger partial charge in [-0.25, -0.2) is 0 Å². The summed E-state index contributed by atoms with van der Waals surface area (Å²) in [5.74, 6) is 1.82. The third kappa shape index (κ3) is 18.2. The number of unbranched alkanes of at least 4 members (excludes halogenated alkanes) is 3. The fourth-order valence-corrected chi connectivity index (χ4v) is 20.8. The number of carbonyl (C=O) groups is 2. The number of hydrogen-bond donors (Lipinski definition) is 4. The van der Waals surface area contributed by atoms with Crippen LogP contribution in [0.4, 0.5) is 0 Å². The Bertz CT molecular complexity index is 795. The SMILES string of the molecule is C.CCCCOS12CCC(CCCCC(=O)NCCCOCCOCCOCCCN)S1(O)C2.O=C(O)CCCCC1CCSS1. The summed E-state index contributed by atoms with van der Waals surface area (Å²) in [6.07, 6.45) is 13.3. The summed E-state index contributed by atoms with van der Waals surface area (Å²) in [6, 6.07) is 0. The molecule has 10 nitrogen and oxygen atoms in total. The molecule has 0 radical (unpaired) electrons. The van der Waals surface area contributed by atoms with Crippen LogP contribution in [0.5, 0.6) is 0 Å². The van der Waals surface area contributed by atoms with Gasteiger partial charge in [0.25, 0.3) is 0 Å². The van der Waals surface area contributed by atoms with Crippen LogP contribution in [0.15, 0.2) is 0 Å². The number of nitrogens with two attached hydrogens (primary N) is 1. The van der Waals surface area contributed by atoms with Crippen LogP contribution in [0.1, 0.15) is 104 Å². The summed E-state index contributed by atoms with van der Waals surface area (Å²) in [4.78, 5) is 22.2. The zero-order valence-electron chi connectivity index (χ0n) is 27.6. The lowest BCUT2D eigenvalue weighted by atomic mass is 10.1. The molecule has 0 spiro atoms. The van der Waals surface area contributed by atoms with Crippen LogP contribution in [0.25, 0.3) is 0 Å². The lowest BCUT2D eigenvalue weighted by Crippen LogP contribution is -2.25. The van der Waals surface area contributed by atoms with Crippen molar-refractivity contribution in [3.63, 3.8) is 0 Å². The van der Waals surface area contributed by atoms with Crippen molar-refractivity contribution >= 4 is 52.1 Å². The fourth-order valence-electron chi connectivity index (χ4n) is 5.23. The first-order chi connectivity index (χ1) is 21.9. The van der Waals surface area contributed by atoms with Crippen molar-refractivity contribution in [1.29, 1.82) is 0 Å². The zero-order chi connectivity index (χ0) is 32.6. The molecule has 5 N–H and O–H groups in total. The summed E-state index contributed by atoms with van der Waals surface area (Å²) in [7, 11) is 1.33. The van der Waals surface area contributed by atoms with E-state index in [2.05, 4.69) is 12.2 Å². The Hall–Kier alpha value is 0.1000. The molecule has 3 rings (SSSR count). The standard InChI is InChI=1S/C23H48N2O6S2.C8H14O2S2.CH4/c1-2-3-15-31-32-20-10-22(33(32,27)21-32)8-4-5-9-23(26)25-12-7-14-29-17-19-30-18-16-28-13-6-11-24;9-8(10)4-2-1-3-7-5-6-11-12-7;/h22,27H,2-21,24H2,1H3,(H,25,26);7H,1-6H2,(H,9,10);1H4. The highest BCUT2D eigenvalue weighted by atomic mass is 33.3. The van der Waals surface area contributed by atoms with Crippen molar-refractivity contribution in [2.24, 2.45) is 5.73 Å². The van der Waals surface area contributed by atoms with Crippen molar-refractivity contribution in [3.05, 3.63) is 0 Å². The Labute approximate surface area is 290 Å². The summed E-state index contributed by atoms with van der Waals surface area (Å²) in [6.45, 7) is 7.85. The number of carboxylic acids is 1. The number of carboxylic acid groups (broad SMARTS) is 1. The fraction of sp³-hybridized carbons (Fsp3) is 0.938. The van der Waals surface area contributed by atoms with Crippen molar-refractivity contribution in [2.45, 2.75) is 115 Å². The molecule has 0 aromatic heterocycles. The van der Waals surface area contributed by atoms with Gasteiger partial charge in [0.1, 0.15) is 0 Å². The number of nitrogens with one attached hydrogen (secondary N) is 1. The van der Waals surface area contributed by atoms with Crippen LogP contribution in [-0.4, -0.2) is 108 Å². The van der Waals surface area contributed by atoms with Gasteiger partial charge in [-0.2, -0.15) is 0 Å². The highest BCUT2D eigenvalue weighted by Crippen LogP contribution is 3.03. The first kappa shape index (κ1) is 44.1. The number of amides is 1. The molecule has 0 aromatic rings. The molecular weight excluding hydrogens is 669 g/mol. The van der Waals surface area contributed by atoms with E-state index in [0.717, 1.165) is 86.9 Å². The van der Waals surface area contributed by atoms with Gasteiger partial charge in [0.2, 0.25) is 5.91 Å². The molecule has 3 aliphatic rings. The minimum atomic E-state index is -1.47. The average molecular weight is 735 g/mol. The third-order valence-electron chi connectivity index (χ3n) is 7.98. The summed E-state index contributed by atoms with van der Waals surface area (Å²) >= 11 is 0. The Kier molecular flexibility index (Phi) is 25.8. The van der Waals surface area contributed by atoms with Gasteiger partial charge in [0, 0.05) is 54.6 Å². The topological polar surface area (TPSA) is 150 Å². The highest BCUT2D eigenvalue weighted by Gasteiger charge is 2.67. The number of carbonyl (C=O) groups excluding carboxylic acids is 1. The largest absolute Gasteiger partial charge is 0.481 e. The second-order valence-corrected chi connectivity index (χ2v) is 23.2. The molecule has 0 saturated carbocycles. The van der Waals surface area contributed by atoms with E-state index in [1.54, 1.807) is 0 Å². The minimum Gasteiger partial charge on any atom is -0.481 e. The van der Waals surface area contributed by atoms with Crippen LogP contribution in [0, 0.1) is 0 Å². The van der Waals surface area contributed by atoms with Crippen LogP contribution >= 0.6 is 40.3 Å². The van der Waals surface area contributed by atoms with Gasteiger partial charge in [-0.3, -0.25) is 9.59 Å². The molecule has 0 aromatic carbocycles. The van der Waals surface area contributed by atoms with Gasteiger partial charge in [0.15, 0.2) is 0 Å². The summed E-state index contributed by atoms with van der Waals surface area (Å²) in [5.41, 5.74) is 5.39. The number of ether oxygens (including phenoxy) is 3. The number of hydrogen-bond acceptors (Lipinski definition) is 10. The molecule has 0 bridgehead atoms. The molecular formula is C32H66N2O8S4. The number of aliphatic carboxylic acids is 1. The first-order valence-corrected chi connectivity index (χ1v) is 23.6. The van der Waals surface area contributed by atoms with E-state index in [1.165, 1.54) is 18.6 Å². The van der Waals surface area contributed by atoms with Gasteiger partial charge >= 0.3 is 5.97 Å². The monoisotopic (exact) mass is 734 g/mol. The quantitative estimate of drug-likeness (QED) is 0.0381. The van der Waals surface area contributed by atoms with E-state index < -0.39 is 24.7 Å². The second-order valence-electron chi connectivity index (χ2n) is 11.7. The van der Waals surface area contributed by atoms with E-state index in [4.69, 9.17) is 29.2 Å². The molecule has 3 fully saturated rings. The smallest absolute Gasteiger partial charge is 0.303 e. The third-order valence-corrected chi connectivity index (χ3v) is 22.1. The predicted octanol–water partition coefficient (Wildman–Crippen LogP) is 7.35. The van der Waals surface area contributed by atoms with Gasteiger partial charge < -0.3 is 39.1 Å². The molecule has 46 heavy (non-hydrogen) atoms. The predicted molar refractivity (Wildman–Crippen MR) is 200 cm³/mol. The molecule has 3 saturated heterocycles. The Balaban J connectivity index is 0.000000683. The van der Waals surface area contributed by atoms with Crippen molar-refractivity contribution < 1.29 is 37.6 Å². The summed E-state index contributed by atoms with van der Waals surface area (Å²) in [5, 5.41) is 13.6. The van der Waals surface area contributed by atoms with E-state index in [-0.39, 0.29) is 13.3 Å². The van der Waals surface area contributed by atoms with Gasteiger partial charge in [-0.1, -0.05) is 73.9 Å². The number of rotatable bonds is 27. The van der Waals surface area contributed by atoms with Crippen LogP contribution in [0.2, 0.25) is 0 Å². The van der Waals surface area contributed by atoms with E-state index in [9.17, 15) is 14.1 Å². The Morgan fingerprint density at radius 3 is 2.17 bits per heavy atom. The molecule has 1 amide bonds. The molecule has 3 aliphatic heterocycles. The maximum Gasteiger partial charge on any atom is 0.303 e. The molecule has 4 unspecified atom stereocenters. The lowest BCUT2D eigenvalue weighted by Gasteiger charge is -2.25. The van der Waals surface area contributed by atoms with Gasteiger partial charge in [0.05, 0.1) is 38.1 Å². The van der Waals surface area contributed by atoms with Crippen LogP contribution in [-0.2, 0) is 28.0 Å². The molecule has 0 aliphatic carbocycles. The van der Waals surface area contributed by atoms with Crippen molar-refractivity contribution in [1.82, 2.24) is 5.32 Å². The normalized spacial score (nSPS) is 27.3. The zero-order valence-corrected chi connectivity index (χ0v) is 30.9. The lowest BCUT2D eigenvalue weighted by molar-refractivity contribution is -0.137. The Morgan fingerprint density at radius 1 is 0.870 bits per heavy atom. The first-order valence-electron chi connectivity index (χ1n) is 17.0. The maximum atomic E-state index is 12.0. The van der Waals surface area contributed by atoms with Crippen LogP contribution < -0.4 is 11.1 Å². The average Bonchev–Trinajstić information content (AvgIpc) is 3.29. The Morgan fingerprint density at radius 2 is 1.54 bits per heavy atom. The van der Waals surface area contributed by atoms with E-state index in [1.807, 2.05) is 21.6 Å². The minimum absolute atomic E-state index is 0. The van der Waals surface area contributed by atoms with E-state index >= 15 is 0 Å². The van der Waals surface area contributed by atoms with Gasteiger partial charge in [-0.05, 0) is 64.3 Å². The second kappa shape index (κ2) is 26.9. The highest BCUT2D eigenvalue weighted by molar-refractivity contribution is 9.19. The molecule has 276 valence electrons. The molecule has 3 heterocycles.